The minimum absolute atomic E-state index is 0.0136. The van der Waals surface area contributed by atoms with E-state index in [1.807, 2.05) is 18.4 Å². The van der Waals surface area contributed by atoms with Gasteiger partial charge in [-0.15, -0.1) is 23.1 Å². The Morgan fingerprint density at radius 2 is 2.18 bits per heavy atom. The fraction of sp³-hybridized carbons (Fsp3) is 0.412. The Morgan fingerprint density at radius 3 is 2.86 bits per heavy atom. The van der Waals surface area contributed by atoms with Gasteiger partial charge in [-0.05, 0) is 42.7 Å². The van der Waals surface area contributed by atoms with Crippen LogP contribution in [0.5, 0.6) is 0 Å². The highest BCUT2D eigenvalue weighted by atomic mass is 32.2. The van der Waals surface area contributed by atoms with Crippen molar-refractivity contribution in [1.82, 2.24) is 10.3 Å². The first-order valence-corrected chi connectivity index (χ1v) is 9.67. The van der Waals surface area contributed by atoms with E-state index in [2.05, 4.69) is 27.8 Å². The first-order valence-electron chi connectivity index (χ1n) is 7.56. The van der Waals surface area contributed by atoms with Gasteiger partial charge < -0.3 is 5.32 Å². The molecule has 1 N–H and O–H groups in total. The lowest BCUT2D eigenvalue weighted by atomic mass is 9.84. The summed E-state index contributed by atoms with van der Waals surface area (Å²) in [6.45, 7) is 0.717. The number of nitrogens with zero attached hydrogens (tertiary/aromatic N) is 1. The van der Waals surface area contributed by atoms with Crippen molar-refractivity contribution in [3.05, 3.63) is 46.3 Å². The van der Waals surface area contributed by atoms with Crippen LogP contribution in [0.25, 0.3) is 0 Å². The van der Waals surface area contributed by atoms with Crippen LogP contribution in [0, 0.1) is 0 Å². The fourth-order valence-electron chi connectivity index (χ4n) is 3.21. The van der Waals surface area contributed by atoms with Gasteiger partial charge >= 0.3 is 0 Å². The van der Waals surface area contributed by atoms with Crippen molar-refractivity contribution in [2.75, 3.05) is 12.8 Å². The van der Waals surface area contributed by atoms with Crippen molar-refractivity contribution in [1.29, 1.82) is 0 Å². The lowest BCUT2D eigenvalue weighted by Gasteiger charge is -2.28. The Kier molecular flexibility index (Phi) is 4.84. The molecule has 3 nitrogen and oxygen atoms in total. The Morgan fingerprint density at radius 1 is 1.36 bits per heavy atom. The van der Waals surface area contributed by atoms with E-state index in [-0.39, 0.29) is 11.3 Å². The van der Waals surface area contributed by atoms with Gasteiger partial charge in [-0.25, -0.2) is 4.98 Å². The number of hydrogen-bond acceptors (Lipinski definition) is 4. The van der Waals surface area contributed by atoms with E-state index in [1.165, 1.54) is 29.5 Å². The zero-order valence-corrected chi connectivity index (χ0v) is 14.3. The Labute approximate surface area is 139 Å². The number of carbonyl (C=O) groups is 1. The van der Waals surface area contributed by atoms with E-state index in [9.17, 15) is 4.79 Å². The zero-order valence-electron chi connectivity index (χ0n) is 12.7. The Hall–Kier alpha value is -1.33. The first-order chi connectivity index (χ1) is 10.7. The number of amides is 1. The van der Waals surface area contributed by atoms with Gasteiger partial charge in [-0.3, -0.25) is 4.79 Å². The molecule has 2 aromatic heterocycles. The molecule has 1 saturated carbocycles. The maximum absolute atomic E-state index is 12.5. The molecule has 3 rings (SSSR count). The predicted octanol–water partition coefficient (Wildman–Crippen LogP) is 4.11. The second kappa shape index (κ2) is 6.84. The fourth-order valence-corrected chi connectivity index (χ4v) is 4.75. The molecular formula is C17H20N2OS2. The topological polar surface area (TPSA) is 42.0 Å². The Balaban J connectivity index is 1.74. The summed E-state index contributed by atoms with van der Waals surface area (Å²) in [4.78, 5) is 18.2. The molecule has 0 unspecified atom stereocenters. The SMILES string of the molecule is CSc1ncccc1C(=O)NCC1(c2cccs2)CCCC1. The highest BCUT2D eigenvalue weighted by Gasteiger charge is 2.36. The van der Waals surface area contributed by atoms with Crippen molar-refractivity contribution in [3.8, 4) is 0 Å². The largest absolute Gasteiger partial charge is 0.351 e. The highest BCUT2D eigenvalue weighted by molar-refractivity contribution is 7.98. The number of hydrogen-bond donors (Lipinski definition) is 1. The summed E-state index contributed by atoms with van der Waals surface area (Å²) < 4.78 is 0. The second-order valence-corrected chi connectivity index (χ2v) is 7.45. The summed E-state index contributed by atoms with van der Waals surface area (Å²) in [6.07, 6.45) is 8.50. The molecule has 116 valence electrons. The summed E-state index contributed by atoms with van der Waals surface area (Å²) in [6, 6.07) is 7.98. The monoisotopic (exact) mass is 332 g/mol. The molecule has 0 aromatic carbocycles. The van der Waals surface area contributed by atoms with Gasteiger partial charge in [0.1, 0.15) is 5.03 Å². The van der Waals surface area contributed by atoms with Gasteiger partial charge in [0.15, 0.2) is 0 Å². The van der Waals surface area contributed by atoms with E-state index in [0.717, 1.165) is 24.4 Å². The van der Waals surface area contributed by atoms with Crippen molar-refractivity contribution in [2.45, 2.75) is 36.1 Å². The molecule has 22 heavy (non-hydrogen) atoms. The van der Waals surface area contributed by atoms with E-state index < -0.39 is 0 Å². The predicted molar refractivity (Wildman–Crippen MR) is 92.8 cm³/mol. The third-order valence-corrected chi connectivity index (χ3v) is 6.23. The third kappa shape index (κ3) is 3.06. The van der Waals surface area contributed by atoms with Crippen molar-refractivity contribution in [2.24, 2.45) is 0 Å². The van der Waals surface area contributed by atoms with E-state index in [4.69, 9.17) is 0 Å². The minimum Gasteiger partial charge on any atom is -0.351 e. The molecule has 2 heterocycles. The number of thioether (sulfide) groups is 1. The van der Waals surface area contributed by atoms with E-state index >= 15 is 0 Å². The van der Waals surface area contributed by atoms with Crippen LogP contribution in [0.15, 0.2) is 40.9 Å². The van der Waals surface area contributed by atoms with Crippen LogP contribution in [0.2, 0.25) is 0 Å². The first kappa shape index (κ1) is 15.6. The van der Waals surface area contributed by atoms with Crippen LogP contribution < -0.4 is 5.32 Å². The summed E-state index contributed by atoms with van der Waals surface area (Å²) >= 11 is 3.32. The van der Waals surface area contributed by atoms with Crippen molar-refractivity contribution >= 4 is 29.0 Å². The summed E-state index contributed by atoms with van der Waals surface area (Å²) in [5.41, 5.74) is 0.806. The van der Waals surface area contributed by atoms with Gasteiger partial charge in [0.05, 0.1) is 5.56 Å². The molecule has 0 atom stereocenters. The minimum atomic E-state index is -0.0136. The number of nitrogens with one attached hydrogen (secondary N) is 1. The molecule has 5 heteroatoms. The third-order valence-electron chi connectivity index (χ3n) is 4.40. The summed E-state index contributed by atoms with van der Waals surface area (Å²) in [7, 11) is 0. The quantitative estimate of drug-likeness (QED) is 0.838. The summed E-state index contributed by atoms with van der Waals surface area (Å²) in [5.74, 6) is -0.0136. The average molecular weight is 332 g/mol. The van der Waals surface area contributed by atoms with Gasteiger partial charge in [0.2, 0.25) is 0 Å². The molecule has 0 bridgehead atoms. The molecule has 0 spiro atoms. The number of aromatic nitrogens is 1. The van der Waals surface area contributed by atoms with Crippen LogP contribution in [-0.2, 0) is 5.41 Å². The molecule has 2 aromatic rings. The van der Waals surface area contributed by atoms with Gasteiger partial charge in [0, 0.05) is 23.0 Å². The van der Waals surface area contributed by atoms with Crippen molar-refractivity contribution < 1.29 is 4.79 Å². The van der Waals surface area contributed by atoms with Gasteiger partial charge in [0.25, 0.3) is 5.91 Å². The van der Waals surface area contributed by atoms with Crippen LogP contribution >= 0.6 is 23.1 Å². The van der Waals surface area contributed by atoms with E-state index in [0.29, 0.717) is 5.56 Å². The molecule has 0 radical (unpaired) electrons. The molecule has 1 fully saturated rings. The number of thiophene rings is 1. The van der Waals surface area contributed by atoms with Crippen molar-refractivity contribution in [3.63, 3.8) is 0 Å². The maximum atomic E-state index is 12.5. The zero-order chi connectivity index (χ0) is 15.4. The number of rotatable bonds is 5. The van der Waals surface area contributed by atoms with Crippen LogP contribution in [0.4, 0.5) is 0 Å². The average Bonchev–Trinajstić information content (AvgIpc) is 3.24. The molecule has 1 aliphatic rings. The highest BCUT2D eigenvalue weighted by Crippen LogP contribution is 2.42. The van der Waals surface area contributed by atoms with Crippen LogP contribution in [0.1, 0.15) is 40.9 Å². The smallest absolute Gasteiger partial charge is 0.254 e. The lowest BCUT2D eigenvalue weighted by Crippen LogP contribution is -2.38. The lowest BCUT2D eigenvalue weighted by molar-refractivity contribution is 0.0940. The maximum Gasteiger partial charge on any atom is 0.254 e. The Bertz CT molecular complexity index is 634. The standard InChI is InChI=1S/C17H20N2OS2/c1-21-16-13(6-4-10-18-16)15(20)19-12-17(8-2-3-9-17)14-7-5-11-22-14/h4-7,10-11H,2-3,8-9,12H2,1H3,(H,19,20). The summed E-state index contributed by atoms with van der Waals surface area (Å²) in [5, 5.41) is 6.08. The normalized spacial score (nSPS) is 16.6. The van der Waals surface area contributed by atoms with E-state index in [1.54, 1.807) is 17.5 Å². The van der Waals surface area contributed by atoms with Gasteiger partial charge in [-0.2, -0.15) is 0 Å². The molecule has 1 aliphatic carbocycles. The van der Waals surface area contributed by atoms with Gasteiger partial charge in [-0.1, -0.05) is 18.9 Å². The molecule has 1 amide bonds. The molecule has 0 aliphatic heterocycles. The van der Waals surface area contributed by atoms with Crippen LogP contribution in [-0.4, -0.2) is 23.7 Å². The van der Waals surface area contributed by atoms with Crippen LogP contribution in [0.3, 0.4) is 0 Å². The number of pyridine rings is 1. The number of carbonyl (C=O) groups excluding carboxylic acids is 1. The molecule has 0 saturated heterocycles. The second-order valence-electron chi connectivity index (χ2n) is 5.71. The molecular weight excluding hydrogens is 312 g/mol.